The van der Waals surface area contributed by atoms with Crippen LogP contribution in [0, 0.1) is 0 Å². The van der Waals surface area contributed by atoms with Gasteiger partial charge in [-0.3, -0.25) is 38.7 Å². The minimum absolute atomic E-state index is 0. The number of hydrazone groups is 2. The number of nitrogens with zero attached hydrogens (tertiary/aromatic N) is 2. The van der Waals surface area contributed by atoms with Crippen molar-refractivity contribution in [2.24, 2.45) is 10.2 Å². The van der Waals surface area contributed by atoms with Crippen LogP contribution in [-0.2, 0) is 84.2 Å². The van der Waals surface area contributed by atoms with E-state index in [0.29, 0.717) is 0 Å². The van der Waals surface area contributed by atoms with Crippen LogP contribution >= 0.6 is 0 Å². The number of carbonyl (C=O) groups excluding carboxylic acids is 2. The van der Waals surface area contributed by atoms with E-state index in [2.05, 4.69) is 21.1 Å². The topological polar surface area (TPSA) is 300 Å². The number of allylic oxidation sites excluding steroid dienone is 2. The molecule has 0 heterocycles. The van der Waals surface area contributed by atoms with E-state index in [0.717, 1.165) is 60.7 Å². The quantitative estimate of drug-likeness (QED) is 0.0572. The Kier molecular flexibility index (Phi) is 13.5. The van der Waals surface area contributed by atoms with Crippen molar-refractivity contribution in [3.63, 3.8) is 0 Å². The molecule has 4 aromatic rings. The van der Waals surface area contributed by atoms with E-state index in [-0.39, 0.29) is 90.3 Å². The molecule has 58 heavy (non-hydrogen) atoms. The molecule has 0 saturated carbocycles. The van der Waals surface area contributed by atoms with Crippen LogP contribution in [0.4, 0.5) is 11.4 Å². The molecule has 0 saturated heterocycles. The van der Waals surface area contributed by atoms with Crippen molar-refractivity contribution >= 4 is 99.1 Å². The Labute approximate surface area is 351 Å². The summed E-state index contributed by atoms with van der Waals surface area (Å²) in [6.07, 6.45) is 7.09. The molecule has 0 spiro atoms. The maximum Gasteiger partial charge on any atom is 0.295 e. The molecular weight excluding hydrogens is 944 g/mol. The molecule has 310 valence electrons. The van der Waals surface area contributed by atoms with Gasteiger partial charge in [0.25, 0.3) is 40.5 Å². The Morgan fingerprint density at radius 1 is 0.466 bits per heavy atom. The van der Waals surface area contributed by atoms with Crippen LogP contribution in [-0.4, -0.2) is 74.9 Å². The molecule has 0 atom stereocenters. The molecule has 2 radical (unpaired) electrons. The summed E-state index contributed by atoms with van der Waals surface area (Å²) in [5, 5.41) is 8.06. The van der Waals surface area contributed by atoms with Gasteiger partial charge in [-0.25, -0.2) is 0 Å². The van der Waals surface area contributed by atoms with E-state index in [1.165, 1.54) is 48.6 Å². The third kappa shape index (κ3) is 10.2. The fourth-order valence-corrected chi connectivity index (χ4v) is 7.90. The average Bonchev–Trinajstić information content (AvgIpc) is 3.11. The summed E-state index contributed by atoms with van der Waals surface area (Å²) in [6.45, 7) is 0. The van der Waals surface area contributed by atoms with Gasteiger partial charge in [-0.2, -0.15) is 43.9 Å². The number of ketones is 2. The first-order valence-corrected chi connectivity index (χ1v) is 21.1. The van der Waals surface area contributed by atoms with Crippen LogP contribution in [0.2, 0.25) is 0 Å². The van der Waals surface area contributed by atoms with Crippen molar-refractivity contribution in [1.82, 2.24) is 0 Å². The molecule has 0 aliphatic heterocycles. The second-order valence-electron chi connectivity index (χ2n) is 11.8. The first-order valence-electron chi connectivity index (χ1n) is 15.4. The fraction of sp³-hybridized carbons (Fsp3) is 0. The molecule has 6 N–H and O–H groups in total. The number of benzene rings is 4. The normalized spacial score (nSPS) is 15.4. The molecule has 0 amide bonds. The SMILES string of the molecule is O=C1C=Cc2cc(S(=O)(=O)O)ccc2C1=NNc1ccc(C=Cc2ccc(NN=C3C(=O)C=Cc4cc(S(=O)(=O)O)ccc43)cc2S(=O)(=O)O)c(S(=O)(=O)O)c1.[Cu].[Cu]. The van der Waals surface area contributed by atoms with E-state index in [1.807, 2.05) is 0 Å². The Morgan fingerprint density at radius 3 is 1.16 bits per heavy atom. The number of fused-ring (bicyclic) bond motifs is 2. The number of nitrogens with one attached hydrogen (secondary N) is 2. The van der Waals surface area contributed by atoms with Gasteiger partial charge in [0.1, 0.15) is 21.2 Å². The van der Waals surface area contributed by atoms with E-state index in [9.17, 15) is 61.5 Å². The Bertz CT molecular complexity index is 2820. The monoisotopic (exact) mass is 966 g/mol. The van der Waals surface area contributed by atoms with Gasteiger partial charge in [0.2, 0.25) is 11.6 Å². The summed E-state index contributed by atoms with van der Waals surface area (Å²) in [7, 11) is -19.0. The van der Waals surface area contributed by atoms with Gasteiger partial charge >= 0.3 is 0 Å². The minimum Gasteiger partial charge on any atom is -0.287 e. The van der Waals surface area contributed by atoms with E-state index in [1.54, 1.807) is 0 Å². The average molecular weight is 968 g/mol. The Hall–Kier alpha value is -4.94. The summed E-state index contributed by atoms with van der Waals surface area (Å²) < 4.78 is 134. The summed E-state index contributed by atoms with van der Waals surface area (Å²) >= 11 is 0. The maximum absolute atomic E-state index is 12.6. The Balaban J connectivity index is 0.00000372. The van der Waals surface area contributed by atoms with Crippen LogP contribution < -0.4 is 10.9 Å². The molecule has 6 rings (SSSR count). The molecule has 0 bridgehead atoms. The predicted molar refractivity (Wildman–Crippen MR) is 202 cm³/mol. The summed E-state index contributed by atoms with van der Waals surface area (Å²) in [5.74, 6) is -1.19. The number of anilines is 2. The standard InChI is InChI=1S/C34H24N4O14S4.2Cu/c39-29-13-5-21-15-25(53(41,42)43)9-11-27(21)33(29)37-35-23-7-3-19(31(17-23)55(47,48)49)1-2-20-4-8-24(18-32(20)56(50,51)52)36-38-34-28-12-10-26(54(44,45)46)16-22(28)6-14-30(34)40;;/h1-18,35-36H,(H,41,42,43)(H,44,45,46)(H,47,48,49)(H,50,51,52);;. The number of hydrogen-bond acceptors (Lipinski definition) is 14. The van der Waals surface area contributed by atoms with Crippen LogP contribution in [0.15, 0.2) is 115 Å². The molecule has 18 nitrogen and oxygen atoms in total. The molecule has 4 aromatic carbocycles. The van der Waals surface area contributed by atoms with Crippen molar-refractivity contribution in [2.75, 3.05) is 10.9 Å². The summed E-state index contributed by atoms with van der Waals surface area (Å²) in [6, 6.07) is 13.8. The number of rotatable bonds is 10. The number of hydrogen-bond donors (Lipinski definition) is 6. The van der Waals surface area contributed by atoms with Gasteiger partial charge < -0.3 is 0 Å². The van der Waals surface area contributed by atoms with Crippen molar-refractivity contribution in [3.8, 4) is 0 Å². The molecule has 2 aliphatic rings. The smallest absolute Gasteiger partial charge is 0.287 e. The molecule has 0 unspecified atom stereocenters. The molecular formula is C34H24Cu2N4O14S4. The maximum atomic E-state index is 12.6. The van der Waals surface area contributed by atoms with Crippen molar-refractivity contribution < 1.29 is 95.6 Å². The molecule has 0 aromatic heterocycles. The third-order valence-corrected chi connectivity index (χ3v) is 11.6. The van der Waals surface area contributed by atoms with E-state index in [4.69, 9.17) is 0 Å². The zero-order valence-electron chi connectivity index (χ0n) is 28.4. The second kappa shape index (κ2) is 17.1. The van der Waals surface area contributed by atoms with Gasteiger partial charge in [0, 0.05) is 45.3 Å². The minimum atomic E-state index is -4.95. The van der Waals surface area contributed by atoms with Crippen LogP contribution in [0.5, 0.6) is 0 Å². The zero-order valence-corrected chi connectivity index (χ0v) is 33.5. The molecule has 0 fully saturated rings. The molecule has 24 heteroatoms. The second-order valence-corrected chi connectivity index (χ2v) is 17.4. The number of carbonyl (C=O) groups is 2. The fourth-order valence-electron chi connectivity index (χ4n) is 5.44. The summed E-state index contributed by atoms with van der Waals surface area (Å²) in [4.78, 5) is 23.0. The van der Waals surface area contributed by atoms with Gasteiger partial charge in [-0.05, 0) is 82.9 Å². The van der Waals surface area contributed by atoms with E-state index < -0.39 is 71.6 Å². The van der Waals surface area contributed by atoms with Gasteiger partial charge in [0.05, 0.1) is 21.2 Å². The largest absolute Gasteiger partial charge is 0.295 e. The van der Waals surface area contributed by atoms with Crippen molar-refractivity contribution in [3.05, 3.63) is 118 Å². The predicted octanol–water partition coefficient (Wildman–Crippen LogP) is 3.66. The van der Waals surface area contributed by atoms with Crippen molar-refractivity contribution in [1.29, 1.82) is 0 Å². The third-order valence-electron chi connectivity index (χ3n) is 8.07. The van der Waals surface area contributed by atoms with Gasteiger partial charge in [-0.1, -0.05) is 48.6 Å². The molecule has 2 aliphatic carbocycles. The van der Waals surface area contributed by atoms with Crippen LogP contribution in [0.1, 0.15) is 33.4 Å². The Morgan fingerprint density at radius 2 is 0.828 bits per heavy atom. The van der Waals surface area contributed by atoms with Gasteiger partial charge in [-0.15, -0.1) is 0 Å². The van der Waals surface area contributed by atoms with Crippen molar-refractivity contribution in [2.45, 2.75) is 19.6 Å². The first kappa shape index (κ1) is 45.8. The zero-order chi connectivity index (χ0) is 40.8. The van der Waals surface area contributed by atoms with E-state index >= 15 is 0 Å². The first-order chi connectivity index (χ1) is 26.1. The van der Waals surface area contributed by atoms with Crippen LogP contribution in [0.3, 0.4) is 0 Å². The van der Waals surface area contributed by atoms with Gasteiger partial charge in [0.15, 0.2) is 0 Å². The van der Waals surface area contributed by atoms with Crippen LogP contribution in [0.25, 0.3) is 24.3 Å². The summed E-state index contributed by atoms with van der Waals surface area (Å²) in [5.41, 5.74) is 5.12.